The van der Waals surface area contributed by atoms with Crippen molar-refractivity contribution in [2.75, 3.05) is 32.5 Å². The molecule has 0 amide bonds. The summed E-state index contributed by atoms with van der Waals surface area (Å²) in [7, 11) is 2.18. The van der Waals surface area contributed by atoms with Crippen LogP contribution in [0.15, 0.2) is 29.2 Å². The summed E-state index contributed by atoms with van der Waals surface area (Å²) in [5, 5.41) is 8.70. The lowest BCUT2D eigenvalue weighted by Crippen LogP contribution is -2.22. The van der Waals surface area contributed by atoms with Gasteiger partial charge in [0.15, 0.2) is 0 Å². The molecule has 0 aromatic heterocycles. The molecule has 3 heteroatoms. The minimum atomic E-state index is 0.326. The first kappa shape index (κ1) is 15.5. The molecule has 18 heavy (non-hydrogen) atoms. The third kappa shape index (κ3) is 7.04. The summed E-state index contributed by atoms with van der Waals surface area (Å²) in [5.41, 5.74) is 1.32. The SMILES string of the molecule is Cc1ccc(SCCN(C)CCCCCO)cc1. The monoisotopic (exact) mass is 267 g/mol. The number of rotatable bonds is 9. The van der Waals surface area contributed by atoms with Crippen molar-refractivity contribution >= 4 is 11.8 Å². The van der Waals surface area contributed by atoms with E-state index in [-0.39, 0.29) is 0 Å². The maximum Gasteiger partial charge on any atom is 0.0431 e. The lowest BCUT2D eigenvalue weighted by atomic mass is 10.2. The van der Waals surface area contributed by atoms with Crippen LogP contribution in [0.4, 0.5) is 0 Å². The second-order valence-corrected chi connectivity index (χ2v) is 5.92. The molecule has 1 aromatic carbocycles. The molecule has 1 rings (SSSR count). The quantitative estimate of drug-likeness (QED) is 0.549. The molecule has 0 spiro atoms. The molecule has 0 saturated carbocycles. The van der Waals surface area contributed by atoms with Crippen LogP contribution in [0.25, 0.3) is 0 Å². The van der Waals surface area contributed by atoms with Gasteiger partial charge in [-0.15, -0.1) is 11.8 Å². The van der Waals surface area contributed by atoms with Gasteiger partial charge in [-0.05, 0) is 51.9 Å². The Morgan fingerprint density at radius 2 is 1.78 bits per heavy atom. The van der Waals surface area contributed by atoms with Crippen molar-refractivity contribution in [3.8, 4) is 0 Å². The second kappa shape index (κ2) is 9.42. The van der Waals surface area contributed by atoms with Crippen LogP contribution in [0.3, 0.4) is 0 Å². The van der Waals surface area contributed by atoms with E-state index in [1.165, 1.54) is 16.9 Å². The number of hydrogen-bond acceptors (Lipinski definition) is 3. The fourth-order valence-electron chi connectivity index (χ4n) is 1.74. The van der Waals surface area contributed by atoms with Crippen molar-refractivity contribution in [2.24, 2.45) is 0 Å². The average molecular weight is 267 g/mol. The third-order valence-electron chi connectivity index (χ3n) is 2.96. The van der Waals surface area contributed by atoms with Gasteiger partial charge in [0.25, 0.3) is 0 Å². The molecule has 0 aliphatic rings. The van der Waals surface area contributed by atoms with Gasteiger partial charge in [0.2, 0.25) is 0 Å². The highest BCUT2D eigenvalue weighted by molar-refractivity contribution is 7.99. The average Bonchev–Trinajstić information content (AvgIpc) is 2.37. The first-order valence-electron chi connectivity index (χ1n) is 6.71. The van der Waals surface area contributed by atoms with Crippen LogP contribution < -0.4 is 0 Å². The van der Waals surface area contributed by atoms with Crippen molar-refractivity contribution < 1.29 is 5.11 Å². The third-order valence-corrected chi connectivity index (χ3v) is 3.95. The van der Waals surface area contributed by atoms with Crippen molar-refractivity contribution in [1.29, 1.82) is 0 Å². The Bertz CT molecular complexity index is 313. The number of aliphatic hydroxyl groups is 1. The standard InChI is InChI=1S/C15H25NOS/c1-14-6-8-15(9-7-14)18-13-11-16(2)10-4-3-5-12-17/h6-9,17H,3-5,10-13H2,1-2H3. The molecule has 1 N–H and O–H groups in total. The summed E-state index contributed by atoms with van der Waals surface area (Å²) in [6, 6.07) is 8.73. The smallest absolute Gasteiger partial charge is 0.0431 e. The summed E-state index contributed by atoms with van der Waals surface area (Å²) in [6.45, 7) is 4.70. The van der Waals surface area contributed by atoms with Gasteiger partial charge in [0.05, 0.1) is 0 Å². The highest BCUT2D eigenvalue weighted by Crippen LogP contribution is 2.18. The number of aliphatic hydroxyl groups excluding tert-OH is 1. The van der Waals surface area contributed by atoms with E-state index in [1.54, 1.807) is 0 Å². The van der Waals surface area contributed by atoms with E-state index in [9.17, 15) is 0 Å². The normalized spacial score (nSPS) is 11.1. The van der Waals surface area contributed by atoms with Crippen LogP contribution in [0, 0.1) is 6.92 Å². The summed E-state index contributed by atoms with van der Waals surface area (Å²) in [4.78, 5) is 3.73. The Morgan fingerprint density at radius 1 is 1.06 bits per heavy atom. The van der Waals surface area contributed by atoms with Gasteiger partial charge in [-0.3, -0.25) is 0 Å². The molecule has 0 saturated heterocycles. The zero-order chi connectivity index (χ0) is 13.2. The molecule has 0 atom stereocenters. The predicted octanol–water partition coefficient (Wildman–Crippen LogP) is 3.18. The van der Waals surface area contributed by atoms with Crippen LogP contribution in [0.1, 0.15) is 24.8 Å². The molecule has 102 valence electrons. The fourth-order valence-corrected chi connectivity index (χ4v) is 2.70. The van der Waals surface area contributed by atoms with E-state index < -0.39 is 0 Å². The van der Waals surface area contributed by atoms with Crippen molar-refractivity contribution in [2.45, 2.75) is 31.1 Å². The molecule has 1 aromatic rings. The lowest BCUT2D eigenvalue weighted by molar-refractivity contribution is 0.275. The topological polar surface area (TPSA) is 23.5 Å². The summed E-state index contributed by atoms with van der Waals surface area (Å²) >= 11 is 1.92. The summed E-state index contributed by atoms with van der Waals surface area (Å²) in [6.07, 6.45) is 3.25. The minimum absolute atomic E-state index is 0.326. The Balaban J connectivity index is 2.07. The highest BCUT2D eigenvalue weighted by atomic mass is 32.2. The Morgan fingerprint density at radius 3 is 2.44 bits per heavy atom. The highest BCUT2D eigenvalue weighted by Gasteiger charge is 1.99. The second-order valence-electron chi connectivity index (χ2n) is 4.75. The van der Waals surface area contributed by atoms with Crippen molar-refractivity contribution in [3.05, 3.63) is 29.8 Å². The molecule has 2 nitrogen and oxygen atoms in total. The Kier molecular flexibility index (Phi) is 8.14. The van der Waals surface area contributed by atoms with E-state index in [2.05, 4.69) is 43.1 Å². The van der Waals surface area contributed by atoms with E-state index >= 15 is 0 Å². The molecule has 0 bridgehead atoms. The van der Waals surface area contributed by atoms with E-state index in [0.29, 0.717) is 6.61 Å². The number of nitrogens with zero attached hydrogens (tertiary/aromatic N) is 1. The first-order chi connectivity index (χ1) is 8.72. The molecule has 0 radical (unpaired) electrons. The van der Waals surface area contributed by atoms with Crippen LogP contribution in [-0.2, 0) is 0 Å². The predicted molar refractivity (Wildman–Crippen MR) is 80.3 cm³/mol. The zero-order valence-electron chi connectivity index (χ0n) is 11.6. The Hall–Kier alpha value is -0.510. The van der Waals surface area contributed by atoms with Gasteiger partial charge in [-0.2, -0.15) is 0 Å². The van der Waals surface area contributed by atoms with Gasteiger partial charge >= 0.3 is 0 Å². The van der Waals surface area contributed by atoms with Crippen LogP contribution in [0.5, 0.6) is 0 Å². The molecule has 0 unspecified atom stereocenters. The largest absolute Gasteiger partial charge is 0.396 e. The molecular weight excluding hydrogens is 242 g/mol. The van der Waals surface area contributed by atoms with E-state index in [4.69, 9.17) is 5.11 Å². The van der Waals surface area contributed by atoms with Gasteiger partial charge in [0, 0.05) is 23.8 Å². The summed E-state index contributed by atoms with van der Waals surface area (Å²) < 4.78 is 0. The molecule has 0 aliphatic carbocycles. The number of benzene rings is 1. The van der Waals surface area contributed by atoms with E-state index in [0.717, 1.165) is 31.7 Å². The zero-order valence-corrected chi connectivity index (χ0v) is 12.4. The number of unbranched alkanes of at least 4 members (excludes halogenated alkanes) is 2. The van der Waals surface area contributed by atoms with Crippen LogP contribution in [0.2, 0.25) is 0 Å². The minimum Gasteiger partial charge on any atom is -0.396 e. The van der Waals surface area contributed by atoms with Crippen LogP contribution >= 0.6 is 11.8 Å². The van der Waals surface area contributed by atoms with Crippen LogP contribution in [-0.4, -0.2) is 42.5 Å². The molecule has 0 heterocycles. The van der Waals surface area contributed by atoms with Crippen molar-refractivity contribution in [1.82, 2.24) is 4.90 Å². The number of hydrogen-bond donors (Lipinski definition) is 1. The lowest BCUT2D eigenvalue weighted by Gasteiger charge is -2.15. The van der Waals surface area contributed by atoms with E-state index in [1.807, 2.05) is 11.8 Å². The van der Waals surface area contributed by atoms with Gasteiger partial charge in [-0.1, -0.05) is 17.7 Å². The van der Waals surface area contributed by atoms with Gasteiger partial charge in [0.1, 0.15) is 0 Å². The first-order valence-corrected chi connectivity index (χ1v) is 7.70. The summed E-state index contributed by atoms with van der Waals surface area (Å²) in [5.74, 6) is 1.14. The fraction of sp³-hybridized carbons (Fsp3) is 0.600. The van der Waals surface area contributed by atoms with Crippen molar-refractivity contribution in [3.63, 3.8) is 0 Å². The number of aryl methyl sites for hydroxylation is 1. The van der Waals surface area contributed by atoms with Gasteiger partial charge in [-0.25, -0.2) is 0 Å². The Labute approximate surface area is 115 Å². The molecule has 0 aliphatic heterocycles. The molecule has 0 fully saturated rings. The van der Waals surface area contributed by atoms with Gasteiger partial charge < -0.3 is 10.0 Å². The number of thioether (sulfide) groups is 1. The maximum absolute atomic E-state index is 8.70. The molecular formula is C15H25NOS. The maximum atomic E-state index is 8.70.